The molecule has 0 aliphatic carbocycles. The van der Waals surface area contributed by atoms with Crippen molar-refractivity contribution < 1.29 is 0 Å². The Kier molecular flexibility index (Phi) is 8.32. The Hall–Kier alpha value is 0. The van der Waals surface area contributed by atoms with E-state index >= 15 is 0 Å². The first kappa shape index (κ1) is 19.0. The molecule has 19 heavy (non-hydrogen) atoms. The van der Waals surface area contributed by atoms with E-state index in [0.29, 0.717) is 5.41 Å². The highest BCUT2D eigenvalue weighted by molar-refractivity contribution is 4.79. The van der Waals surface area contributed by atoms with Gasteiger partial charge in [0.15, 0.2) is 0 Å². The highest BCUT2D eigenvalue weighted by Gasteiger charge is 2.29. The van der Waals surface area contributed by atoms with E-state index in [2.05, 4.69) is 62.3 Å². The van der Waals surface area contributed by atoms with Crippen molar-refractivity contribution in [3.05, 3.63) is 0 Å². The first-order valence-corrected chi connectivity index (χ1v) is 8.58. The van der Waals surface area contributed by atoms with Gasteiger partial charge in [0.1, 0.15) is 0 Å². The molecule has 0 heteroatoms. The lowest BCUT2D eigenvalue weighted by atomic mass is 9.69. The molecule has 0 nitrogen and oxygen atoms in total. The molecule has 0 fully saturated rings. The summed E-state index contributed by atoms with van der Waals surface area (Å²) in [5.74, 6) is 4.33. The first-order chi connectivity index (χ1) is 8.58. The monoisotopic (exact) mass is 268 g/mol. The molecule has 3 atom stereocenters. The summed E-state index contributed by atoms with van der Waals surface area (Å²) in [5, 5.41) is 0. The summed E-state index contributed by atoms with van der Waals surface area (Å²) >= 11 is 0. The van der Waals surface area contributed by atoms with Crippen LogP contribution in [0.4, 0.5) is 0 Å². The Morgan fingerprint density at radius 1 is 0.842 bits per heavy atom. The molecule has 0 amide bonds. The Balaban J connectivity index is 4.80. The van der Waals surface area contributed by atoms with Gasteiger partial charge in [0.2, 0.25) is 0 Å². The van der Waals surface area contributed by atoms with E-state index in [4.69, 9.17) is 0 Å². The fraction of sp³-hybridized carbons (Fsp3) is 1.00. The van der Waals surface area contributed by atoms with Gasteiger partial charge in [0.05, 0.1) is 0 Å². The fourth-order valence-electron chi connectivity index (χ4n) is 3.71. The van der Waals surface area contributed by atoms with E-state index < -0.39 is 0 Å². The highest BCUT2D eigenvalue weighted by atomic mass is 14.3. The summed E-state index contributed by atoms with van der Waals surface area (Å²) in [7, 11) is 0. The molecule has 0 aromatic heterocycles. The van der Waals surface area contributed by atoms with Crippen LogP contribution < -0.4 is 0 Å². The van der Waals surface area contributed by atoms with Gasteiger partial charge >= 0.3 is 0 Å². The van der Waals surface area contributed by atoms with Crippen LogP contribution in [0, 0.1) is 35.0 Å². The first-order valence-electron chi connectivity index (χ1n) is 8.58. The minimum absolute atomic E-state index is 0.477. The van der Waals surface area contributed by atoms with E-state index in [0.717, 1.165) is 29.6 Å². The van der Waals surface area contributed by atoms with Crippen LogP contribution in [0.3, 0.4) is 0 Å². The number of hydrogen-bond donors (Lipinski definition) is 0. The Morgan fingerprint density at radius 3 is 1.68 bits per heavy atom. The lowest BCUT2D eigenvalue weighted by Crippen LogP contribution is -2.27. The molecule has 0 aromatic rings. The second-order valence-corrected chi connectivity index (χ2v) is 8.69. The maximum Gasteiger partial charge on any atom is -0.0357 e. The average Bonchev–Trinajstić information content (AvgIpc) is 2.20. The van der Waals surface area contributed by atoms with E-state index in [1.165, 1.54) is 25.7 Å². The van der Waals surface area contributed by atoms with Crippen molar-refractivity contribution in [3.63, 3.8) is 0 Å². The fourth-order valence-corrected chi connectivity index (χ4v) is 3.71. The van der Waals surface area contributed by atoms with Gasteiger partial charge in [-0.2, -0.15) is 0 Å². The van der Waals surface area contributed by atoms with Crippen molar-refractivity contribution in [1.82, 2.24) is 0 Å². The number of rotatable bonds is 8. The lowest BCUT2D eigenvalue weighted by molar-refractivity contribution is 0.136. The van der Waals surface area contributed by atoms with Crippen LogP contribution in [0.1, 0.15) is 88.0 Å². The van der Waals surface area contributed by atoms with Crippen LogP contribution >= 0.6 is 0 Å². The quantitative estimate of drug-likeness (QED) is 0.454. The van der Waals surface area contributed by atoms with Gasteiger partial charge in [0, 0.05) is 0 Å². The molecule has 0 heterocycles. The van der Waals surface area contributed by atoms with Crippen LogP contribution in [0.25, 0.3) is 0 Å². The molecule has 0 aliphatic rings. The molecule has 0 N–H and O–H groups in total. The van der Waals surface area contributed by atoms with Gasteiger partial charge in [-0.05, 0) is 54.3 Å². The normalized spacial score (nSPS) is 17.8. The maximum absolute atomic E-state index is 2.50. The van der Waals surface area contributed by atoms with Crippen molar-refractivity contribution in [2.75, 3.05) is 0 Å². The van der Waals surface area contributed by atoms with Crippen LogP contribution in [-0.2, 0) is 0 Å². The third-order valence-corrected chi connectivity index (χ3v) is 4.68. The molecule has 0 saturated heterocycles. The molecule has 0 aromatic carbocycles. The van der Waals surface area contributed by atoms with E-state index in [1.807, 2.05) is 0 Å². The predicted octanol–water partition coefficient (Wildman–Crippen LogP) is 6.79. The van der Waals surface area contributed by atoms with Gasteiger partial charge in [-0.1, -0.05) is 68.7 Å². The van der Waals surface area contributed by atoms with E-state index in [1.54, 1.807) is 0 Å². The molecular formula is C19H40. The SMILES string of the molecule is CCC(C(C)C)C(CCC(C)(C)C)C(C)CC(C)C. The third kappa shape index (κ3) is 8.00. The largest absolute Gasteiger partial charge is 0.0651 e. The van der Waals surface area contributed by atoms with E-state index in [9.17, 15) is 0 Å². The van der Waals surface area contributed by atoms with Crippen molar-refractivity contribution in [2.45, 2.75) is 88.0 Å². The van der Waals surface area contributed by atoms with Crippen LogP contribution in [0.2, 0.25) is 0 Å². The zero-order valence-electron chi connectivity index (χ0n) is 15.2. The maximum atomic E-state index is 2.50. The molecule has 116 valence electrons. The molecule has 0 bridgehead atoms. The molecular weight excluding hydrogens is 228 g/mol. The van der Waals surface area contributed by atoms with Crippen LogP contribution in [0.15, 0.2) is 0 Å². The Labute approximate surface area is 123 Å². The van der Waals surface area contributed by atoms with Crippen molar-refractivity contribution in [2.24, 2.45) is 35.0 Å². The highest BCUT2D eigenvalue weighted by Crippen LogP contribution is 2.38. The van der Waals surface area contributed by atoms with Crippen molar-refractivity contribution in [1.29, 1.82) is 0 Å². The van der Waals surface area contributed by atoms with Gasteiger partial charge in [-0.25, -0.2) is 0 Å². The second kappa shape index (κ2) is 8.32. The summed E-state index contributed by atoms with van der Waals surface area (Å²) < 4.78 is 0. The molecule has 0 aliphatic heterocycles. The molecule has 0 radical (unpaired) electrons. The lowest BCUT2D eigenvalue weighted by Gasteiger charge is -2.36. The standard InChI is InChI=1S/C19H40/c1-10-17(15(4)5)18(11-12-19(7,8)9)16(6)13-14(2)3/h14-18H,10-13H2,1-9H3. The van der Waals surface area contributed by atoms with Gasteiger partial charge in [-0.3, -0.25) is 0 Å². The Bertz CT molecular complexity index is 219. The summed E-state index contributed by atoms with van der Waals surface area (Å²) in [6.45, 7) is 21.6. The van der Waals surface area contributed by atoms with Gasteiger partial charge in [-0.15, -0.1) is 0 Å². The minimum atomic E-state index is 0.477. The van der Waals surface area contributed by atoms with Crippen molar-refractivity contribution >= 4 is 0 Å². The zero-order chi connectivity index (χ0) is 15.2. The summed E-state index contributed by atoms with van der Waals surface area (Å²) in [5.41, 5.74) is 0.477. The topological polar surface area (TPSA) is 0 Å². The third-order valence-electron chi connectivity index (χ3n) is 4.68. The predicted molar refractivity (Wildman–Crippen MR) is 89.4 cm³/mol. The molecule has 0 rings (SSSR count). The molecule has 0 saturated carbocycles. The van der Waals surface area contributed by atoms with E-state index in [-0.39, 0.29) is 0 Å². The average molecular weight is 269 g/mol. The van der Waals surface area contributed by atoms with Gasteiger partial charge < -0.3 is 0 Å². The summed E-state index contributed by atoms with van der Waals surface area (Å²) in [4.78, 5) is 0. The molecule has 3 unspecified atom stereocenters. The zero-order valence-corrected chi connectivity index (χ0v) is 15.2. The van der Waals surface area contributed by atoms with Crippen LogP contribution in [-0.4, -0.2) is 0 Å². The second-order valence-electron chi connectivity index (χ2n) is 8.69. The Morgan fingerprint density at radius 2 is 1.37 bits per heavy atom. The van der Waals surface area contributed by atoms with Crippen LogP contribution in [0.5, 0.6) is 0 Å². The molecule has 0 spiro atoms. The van der Waals surface area contributed by atoms with Crippen molar-refractivity contribution in [3.8, 4) is 0 Å². The smallest absolute Gasteiger partial charge is 0.0357 e. The summed E-state index contributed by atoms with van der Waals surface area (Å²) in [6.07, 6.45) is 5.50. The summed E-state index contributed by atoms with van der Waals surface area (Å²) in [6, 6.07) is 0. The van der Waals surface area contributed by atoms with Gasteiger partial charge in [0.25, 0.3) is 0 Å². The number of hydrogen-bond acceptors (Lipinski definition) is 0. The minimum Gasteiger partial charge on any atom is -0.0651 e.